The van der Waals surface area contributed by atoms with E-state index in [0.29, 0.717) is 5.02 Å². The first-order valence-corrected chi connectivity index (χ1v) is 5.10. The van der Waals surface area contributed by atoms with Gasteiger partial charge in [0.2, 0.25) is 0 Å². The highest BCUT2D eigenvalue weighted by Gasteiger charge is 2.00. The molecule has 86 valence electrons. The Labute approximate surface area is 102 Å². The quantitative estimate of drug-likeness (QED) is 0.808. The first-order valence-electron chi connectivity index (χ1n) is 4.72. The van der Waals surface area contributed by atoms with Crippen molar-refractivity contribution in [2.75, 3.05) is 5.32 Å². The van der Waals surface area contributed by atoms with Crippen LogP contribution in [0.3, 0.4) is 0 Å². The summed E-state index contributed by atoms with van der Waals surface area (Å²) in [5.41, 5.74) is 0.834. The van der Waals surface area contributed by atoms with E-state index < -0.39 is 0 Å². The summed E-state index contributed by atoms with van der Waals surface area (Å²) < 4.78 is 0. The number of benzene rings is 1. The third kappa shape index (κ3) is 3.39. The molecular weight excluding hydrogens is 242 g/mol. The summed E-state index contributed by atoms with van der Waals surface area (Å²) in [7, 11) is 0. The maximum absolute atomic E-state index is 11.4. The molecule has 2 N–H and O–H groups in total. The smallest absolute Gasteiger partial charge is 0.270 e. The predicted octanol–water partition coefficient (Wildman–Crippen LogP) is 1.50. The SMILES string of the molecule is O=C(C=Cc1cccc(Cl)c1)Nc1nn[nH]n1. The molecule has 0 bridgehead atoms. The second-order valence-electron chi connectivity index (χ2n) is 3.11. The van der Waals surface area contributed by atoms with Gasteiger partial charge in [0.15, 0.2) is 0 Å². The number of aromatic amines is 1. The number of H-pyrrole nitrogens is 1. The zero-order chi connectivity index (χ0) is 12.1. The van der Waals surface area contributed by atoms with Crippen molar-refractivity contribution in [2.45, 2.75) is 0 Å². The average molecular weight is 250 g/mol. The van der Waals surface area contributed by atoms with E-state index in [1.54, 1.807) is 24.3 Å². The van der Waals surface area contributed by atoms with Crippen LogP contribution in [0.1, 0.15) is 5.56 Å². The number of rotatable bonds is 3. The summed E-state index contributed by atoms with van der Waals surface area (Å²) in [6.45, 7) is 0. The number of nitrogens with zero attached hydrogens (tertiary/aromatic N) is 3. The number of hydrogen-bond donors (Lipinski definition) is 2. The van der Waals surface area contributed by atoms with Crippen LogP contribution in [-0.4, -0.2) is 26.5 Å². The maximum Gasteiger partial charge on any atom is 0.270 e. The van der Waals surface area contributed by atoms with Crippen molar-refractivity contribution in [2.24, 2.45) is 0 Å². The molecule has 2 aromatic rings. The Morgan fingerprint density at radius 1 is 1.47 bits per heavy atom. The van der Waals surface area contributed by atoms with Crippen LogP contribution in [0, 0.1) is 0 Å². The van der Waals surface area contributed by atoms with Gasteiger partial charge in [-0.05, 0) is 29.0 Å². The third-order valence-electron chi connectivity index (χ3n) is 1.86. The van der Waals surface area contributed by atoms with Gasteiger partial charge < -0.3 is 0 Å². The van der Waals surface area contributed by atoms with Gasteiger partial charge in [0.1, 0.15) is 0 Å². The van der Waals surface area contributed by atoms with Crippen molar-refractivity contribution in [3.63, 3.8) is 0 Å². The summed E-state index contributed by atoms with van der Waals surface area (Å²) in [5.74, 6) is -0.211. The molecule has 2 rings (SSSR count). The normalized spacial score (nSPS) is 10.6. The van der Waals surface area contributed by atoms with E-state index in [1.807, 2.05) is 6.07 Å². The standard InChI is InChI=1S/C10H8ClN5O/c11-8-3-1-2-7(6-8)4-5-9(17)12-10-13-15-16-14-10/h1-6H,(H2,12,13,14,15,16,17). The number of anilines is 1. The number of carbonyl (C=O) groups is 1. The van der Waals surface area contributed by atoms with Crippen molar-refractivity contribution < 1.29 is 4.79 Å². The van der Waals surface area contributed by atoms with Gasteiger partial charge in [-0.25, -0.2) is 0 Å². The van der Waals surface area contributed by atoms with E-state index in [4.69, 9.17) is 11.6 Å². The minimum atomic E-state index is -0.341. The maximum atomic E-state index is 11.4. The van der Waals surface area contributed by atoms with E-state index in [2.05, 4.69) is 25.9 Å². The van der Waals surface area contributed by atoms with Crippen LogP contribution in [0.25, 0.3) is 6.08 Å². The van der Waals surface area contributed by atoms with E-state index in [1.165, 1.54) is 6.08 Å². The van der Waals surface area contributed by atoms with E-state index in [9.17, 15) is 4.79 Å². The second-order valence-corrected chi connectivity index (χ2v) is 3.55. The van der Waals surface area contributed by atoms with Gasteiger partial charge in [-0.3, -0.25) is 10.1 Å². The molecule has 1 amide bonds. The van der Waals surface area contributed by atoms with Crippen LogP contribution in [0.4, 0.5) is 5.95 Å². The molecule has 0 saturated carbocycles. The molecular formula is C10H8ClN5O. The van der Waals surface area contributed by atoms with Gasteiger partial charge in [-0.2, -0.15) is 5.21 Å². The highest BCUT2D eigenvalue weighted by atomic mass is 35.5. The second kappa shape index (κ2) is 5.22. The molecule has 0 atom stereocenters. The van der Waals surface area contributed by atoms with Gasteiger partial charge >= 0.3 is 0 Å². The number of carbonyl (C=O) groups excluding carboxylic acids is 1. The zero-order valence-corrected chi connectivity index (χ0v) is 9.35. The van der Waals surface area contributed by atoms with Crippen LogP contribution in [0.5, 0.6) is 0 Å². The van der Waals surface area contributed by atoms with Crippen molar-refractivity contribution in [3.8, 4) is 0 Å². The molecule has 0 aliphatic heterocycles. The highest BCUT2D eigenvalue weighted by molar-refractivity contribution is 6.30. The lowest BCUT2D eigenvalue weighted by Crippen LogP contribution is -2.09. The molecule has 17 heavy (non-hydrogen) atoms. The fourth-order valence-corrected chi connectivity index (χ4v) is 1.35. The number of nitrogens with one attached hydrogen (secondary N) is 2. The van der Waals surface area contributed by atoms with E-state index in [-0.39, 0.29) is 11.9 Å². The van der Waals surface area contributed by atoms with E-state index in [0.717, 1.165) is 5.56 Å². The third-order valence-corrected chi connectivity index (χ3v) is 2.09. The molecule has 0 aliphatic carbocycles. The van der Waals surface area contributed by atoms with Gasteiger partial charge in [-0.1, -0.05) is 28.8 Å². The Balaban J connectivity index is 1.99. The monoisotopic (exact) mass is 249 g/mol. The molecule has 0 saturated heterocycles. The van der Waals surface area contributed by atoms with Crippen molar-refractivity contribution >= 4 is 29.5 Å². The number of tetrazole rings is 1. The summed E-state index contributed by atoms with van der Waals surface area (Å²) in [5, 5.41) is 15.8. The zero-order valence-electron chi connectivity index (χ0n) is 8.59. The molecule has 6 nitrogen and oxygen atoms in total. The van der Waals surface area contributed by atoms with Crippen LogP contribution in [-0.2, 0) is 4.79 Å². The summed E-state index contributed by atoms with van der Waals surface area (Å²) >= 11 is 5.81. The van der Waals surface area contributed by atoms with Gasteiger partial charge in [-0.15, -0.1) is 5.10 Å². The topological polar surface area (TPSA) is 83.6 Å². The Morgan fingerprint density at radius 2 is 2.35 bits per heavy atom. The van der Waals surface area contributed by atoms with Crippen molar-refractivity contribution in [3.05, 3.63) is 40.9 Å². The predicted molar refractivity (Wildman–Crippen MR) is 63.3 cm³/mol. The minimum absolute atomic E-state index is 0.130. The highest BCUT2D eigenvalue weighted by Crippen LogP contribution is 2.11. The number of amides is 1. The molecule has 0 radical (unpaired) electrons. The first kappa shape index (κ1) is 11.3. The summed E-state index contributed by atoms with van der Waals surface area (Å²) in [6, 6.07) is 7.15. The Morgan fingerprint density at radius 3 is 3.06 bits per heavy atom. The molecule has 0 unspecified atom stereocenters. The fraction of sp³-hybridized carbons (Fsp3) is 0. The number of halogens is 1. The molecule has 1 aromatic carbocycles. The Hall–Kier alpha value is -2.21. The fourth-order valence-electron chi connectivity index (χ4n) is 1.15. The van der Waals surface area contributed by atoms with Crippen molar-refractivity contribution in [1.82, 2.24) is 20.6 Å². The number of hydrogen-bond acceptors (Lipinski definition) is 4. The lowest BCUT2D eigenvalue weighted by atomic mass is 10.2. The molecule has 0 fully saturated rings. The van der Waals surface area contributed by atoms with Crippen molar-refractivity contribution in [1.29, 1.82) is 0 Å². The number of aromatic nitrogens is 4. The van der Waals surface area contributed by atoms with Gasteiger partial charge in [0, 0.05) is 11.1 Å². The summed E-state index contributed by atoms with van der Waals surface area (Å²) in [6.07, 6.45) is 3.00. The van der Waals surface area contributed by atoms with Crippen LogP contribution < -0.4 is 5.32 Å². The van der Waals surface area contributed by atoms with Gasteiger partial charge in [0.05, 0.1) is 0 Å². The minimum Gasteiger partial charge on any atom is -0.288 e. The van der Waals surface area contributed by atoms with Gasteiger partial charge in [0.25, 0.3) is 11.9 Å². The van der Waals surface area contributed by atoms with E-state index >= 15 is 0 Å². The summed E-state index contributed by atoms with van der Waals surface area (Å²) in [4.78, 5) is 11.4. The molecule has 0 spiro atoms. The Kier molecular flexibility index (Phi) is 3.46. The first-order chi connectivity index (χ1) is 8.24. The molecule has 1 heterocycles. The molecule has 0 aliphatic rings. The lowest BCUT2D eigenvalue weighted by molar-refractivity contribution is -0.111. The molecule has 1 aromatic heterocycles. The Bertz CT molecular complexity index is 537. The lowest BCUT2D eigenvalue weighted by Gasteiger charge is -1.95. The van der Waals surface area contributed by atoms with Crippen LogP contribution >= 0.6 is 11.6 Å². The average Bonchev–Trinajstić information content (AvgIpc) is 2.79. The largest absolute Gasteiger partial charge is 0.288 e. The van der Waals surface area contributed by atoms with Crippen LogP contribution in [0.2, 0.25) is 5.02 Å². The van der Waals surface area contributed by atoms with Crippen LogP contribution in [0.15, 0.2) is 30.3 Å². The molecule has 7 heteroatoms.